The fourth-order valence-electron chi connectivity index (χ4n) is 2.47. The van der Waals surface area contributed by atoms with E-state index in [0.717, 1.165) is 15.7 Å². The van der Waals surface area contributed by atoms with E-state index in [1.54, 1.807) is 24.3 Å². The molecule has 0 spiro atoms. The molecule has 0 aliphatic heterocycles. The number of nitrogens with zero attached hydrogens (tertiary/aromatic N) is 1. The number of nitrogens with one attached hydrogen (secondary N) is 1. The molecule has 0 atom stereocenters. The van der Waals surface area contributed by atoms with Crippen LogP contribution in [-0.4, -0.2) is 23.3 Å². The highest BCUT2D eigenvalue weighted by Gasteiger charge is 2.08. The Morgan fingerprint density at radius 1 is 1.11 bits per heavy atom. The number of rotatable bonds is 8. The van der Waals surface area contributed by atoms with Gasteiger partial charge in [-0.25, -0.2) is 4.98 Å². The molecular weight excluding hydrogens is 440 g/mol. The topological polar surface area (TPSA) is 68.3 Å². The number of carbonyl (C=O) groups is 2. The molecule has 0 unspecified atom stereocenters. The highest BCUT2D eigenvalue weighted by atomic mass is 79.9. The van der Waals surface area contributed by atoms with Gasteiger partial charge in [-0.05, 0) is 49.7 Å². The van der Waals surface area contributed by atoms with Crippen molar-refractivity contribution in [3.05, 3.63) is 63.9 Å². The van der Waals surface area contributed by atoms with E-state index >= 15 is 0 Å². The Balaban J connectivity index is 1.42. The van der Waals surface area contributed by atoms with Gasteiger partial charge in [-0.2, -0.15) is 0 Å². The number of aromatic nitrogens is 1. The first-order valence-electron chi connectivity index (χ1n) is 8.76. The third kappa shape index (κ3) is 5.74. The average Bonchev–Trinajstić information content (AvgIpc) is 3.14. The van der Waals surface area contributed by atoms with Crippen molar-refractivity contribution < 1.29 is 14.3 Å². The van der Waals surface area contributed by atoms with Crippen molar-refractivity contribution >= 4 is 44.1 Å². The summed E-state index contributed by atoms with van der Waals surface area (Å²) in [6.07, 6.45) is 0.934. The number of ether oxygens (including phenoxy) is 1. The molecule has 0 bridgehead atoms. The monoisotopic (exact) mass is 458 g/mol. The summed E-state index contributed by atoms with van der Waals surface area (Å²) in [6.45, 7) is 1.95. The van der Waals surface area contributed by atoms with E-state index < -0.39 is 0 Å². The van der Waals surface area contributed by atoms with Crippen LogP contribution in [0.25, 0.3) is 11.3 Å². The average molecular weight is 459 g/mol. The molecule has 0 radical (unpaired) electrons. The van der Waals surface area contributed by atoms with Gasteiger partial charge in [0.1, 0.15) is 5.75 Å². The van der Waals surface area contributed by atoms with E-state index in [4.69, 9.17) is 4.74 Å². The van der Waals surface area contributed by atoms with Crippen LogP contribution < -0.4 is 10.1 Å². The van der Waals surface area contributed by atoms with Crippen LogP contribution in [0.15, 0.2) is 58.4 Å². The number of hydrogen-bond donors (Lipinski definition) is 1. The Kier molecular flexibility index (Phi) is 6.95. The van der Waals surface area contributed by atoms with E-state index in [-0.39, 0.29) is 11.7 Å². The largest absolute Gasteiger partial charge is 0.494 e. The van der Waals surface area contributed by atoms with Crippen LogP contribution in [0.3, 0.4) is 0 Å². The number of anilines is 1. The van der Waals surface area contributed by atoms with Crippen molar-refractivity contribution in [1.29, 1.82) is 0 Å². The number of carbonyl (C=O) groups excluding carboxylic acids is 2. The minimum atomic E-state index is -0.0905. The van der Waals surface area contributed by atoms with Crippen molar-refractivity contribution in [3.63, 3.8) is 0 Å². The molecule has 144 valence electrons. The van der Waals surface area contributed by atoms with Crippen LogP contribution in [-0.2, 0) is 4.79 Å². The fourth-order valence-corrected chi connectivity index (χ4v) is 3.47. The van der Waals surface area contributed by atoms with E-state index in [2.05, 4.69) is 26.2 Å². The zero-order valence-corrected chi connectivity index (χ0v) is 17.7. The predicted octanol–water partition coefficient (Wildman–Crippen LogP) is 5.57. The van der Waals surface area contributed by atoms with Crippen molar-refractivity contribution in [3.8, 4) is 17.0 Å². The third-order valence-electron chi connectivity index (χ3n) is 3.97. The number of amides is 1. The lowest BCUT2D eigenvalue weighted by atomic mass is 10.1. The zero-order chi connectivity index (χ0) is 19.9. The molecule has 1 N–H and O–H groups in total. The van der Waals surface area contributed by atoms with Gasteiger partial charge in [0.25, 0.3) is 0 Å². The number of ketones is 1. The predicted molar refractivity (Wildman–Crippen MR) is 115 cm³/mol. The lowest BCUT2D eigenvalue weighted by Gasteiger charge is -2.06. The van der Waals surface area contributed by atoms with Gasteiger partial charge in [-0.3, -0.25) is 9.59 Å². The Hall–Kier alpha value is -2.51. The van der Waals surface area contributed by atoms with E-state index in [1.165, 1.54) is 18.3 Å². The second kappa shape index (κ2) is 9.61. The molecule has 0 saturated heterocycles. The minimum Gasteiger partial charge on any atom is -0.494 e. The Morgan fingerprint density at radius 2 is 1.82 bits per heavy atom. The lowest BCUT2D eigenvalue weighted by molar-refractivity contribution is -0.116. The summed E-state index contributed by atoms with van der Waals surface area (Å²) in [6, 6.07) is 14.9. The van der Waals surface area contributed by atoms with Gasteiger partial charge in [-0.1, -0.05) is 28.1 Å². The molecule has 7 heteroatoms. The molecule has 5 nitrogen and oxygen atoms in total. The van der Waals surface area contributed by atoms with Crippen LogP contribution in [0, 0.1) is 0 Å². The molecule has 28 heavy (non-hydrogen) atoms. The van der Waals surface area contributed by atoms with E-state index in [0.29, 0.717) is 35.9 Å². The summed E-state index contributed by atoms with van der Waals surface area (Å²) in [5, 5.41) is 5.34. The molecule has 0 aliphatic rings. The van der Waals surface area contributed by atoms with Gasteiger partial charge in [-0.15, -0.1) is 11.3 Å². The molecule has 3 aromatic rings. The van der Waals surface area contributed by atoms with Gasteiger partial charge in [0.05, 0.1) is 12.3 Å². The van der Waals surface area contributed by atoms with E-state index in [1.807, 2.05) is 29.6 Å². The van der Waals surface area contributed by atoms with Crippen molar-refractivity contribution in [2.45, 2.75) is 19.8 Å². The molecule has 1 aromatic heterocycles. The Morgan fingerprint density at radius 3 is 2.50 bits per heavy atom. The van der Waals surface area contributed by atoms with Crippen LogP contribution in [0.4, 0.5) is 5.13 Å². The maximum atomic E-state index is 12.1. The summed E-state index contributed by atoms with van der Waals surface area (Å²) in [5.74, 6) is 0.616. The number of Topliss-reactive ketones (excluding diaryl/α,β-unsaturated/α-hetero) is 1. The normalized spacial score (nSPS) is 10.5. The Labute approximate surface area is 175 Å². The first-order chi connectivity index (χ1) is 13.5. The van der Waals surface area contributed by atoms with E-state index in [9.17, 15) is 9.59 Å². The maximum absolute atomic E-state index is 12.1. The molecular formula is C21H19BrN2O3S. The summed E-state index contributed by atoms with van der Waals surface area (Å²) >= 11 is 4.81. The molecule has 1 amide bonds. The summed E-state index contributed by atoms with van der Waals surface area (Å²) in [5.41, 5.74) is 2.49. The SMILES string of the molecule is CC(=O)c1ccc(OCCCC(=O)Nc2nc(-c3ccc(Br)cc3)cs2)cc1. The standard InChI is InChI=1S/C21H19BrN2O3S/c1-14(25)15-6-10-18(11-7-15)27-12-2-3-20(26)24-21-23-19(13-28-21)16-4-8-17(22)9-5-16/h4-11,13H,2-3,12H2,1H3,(H,23,24,26). The quantitative estimate of drug-likeness (QED) is 0.353. The van der Waals surface area contributed by atoms with Gasteiger partial charge in [0, 0.05) is 27.4 Å². The van der Waals surface area contributed by atoms with Crippen molar-refractivity contribution in [2.75, 3.05) is 11.9 Å². The molecule has 0 aliphatic carbocycles. The molecule has 1 heterocycles. The second-order valence-corrected chi connectivity index (χ2v) is 7.90. The van der Waals surface area contributed by atoms with Gasteiger partial charge in [0.15, 0.2) is 10.9 Å². The minimum absolute atomic E-state index is 0.0219. The second-order valence-electron chi connectivity index (χ2n) is 6.13. The van der Waals surface area contributed by atoms with Crippen molar-refractivity contribution in [1.82, 2.24) is 4.98 Å². The molecule has 2 aromatic carbocycles. The number of benzene rings is 2. The van der Waals surface area contributed by atoms with Gasteiger partial charge in [0.2, 0.25) is 5.91 Å². The van der Waals surface area contributed by atoms with Crippen LogP contribution in [0.2, 0.25) is 0 Å². The van der Waals surface area contributed by atoms with Gasteiger partial charge < -0.3 is 10.1 Å². The first kappa shape index (κ1) is 20.2. The zero-order valence-electron chi connectivity index (χ0n) is 15.3. The van der Waals surface area contributed by atoms with Crippen molar-refractivity contribution in [2.24, 2.45) is 0 Å². The lowest BCUT2D eigenvalue weighted by Crippen LogP contribution is -2.12. The summed E-state index contributed by atoms with van der Waals surface area (Å²) in [4.78, 5) is 27.8. The van der Waals surface area contributed by atoms with Gasteiger partial charge >= 0.3 is 0 Å². The Bertz CT molecular complexity index is 953. The molecule has 0 fully saturated rings. The highest BCUT2D eigenvalue weighted by Crippen LogP contribution is 2.26. The first-order valence-corrected chi connectivity index (χ1v) is 10.4. The smallest absolute Gasteiger partial charge is 0.226 e. The maximum Gasteiger partial charge on any atom is 0.226 e. The number of hydrogen-bond acceptors (Lipinski definition) is 5. The fraction of sp³-hybridized carbons (Fsp3) is 0.190. The van der Waals surface area contributed by atoms with Crippen LogP contribution in [0.1, 0.15) is 30.1 Å². The molecule has 3 rings (SSSR count). The summed E-state index contributed by atoms with van der Waals surface area (Å²) < 4.78 is 6.62. The number of halogens is 1. The molecule has 0 saturated carbocycles. The van der Waals surface area contributed by atoms with Crippen LogP contribution in [0.5, 0.6) is 5.75 Å². The number of thiazole rings is 1. The summed E-state index contributed by atoms with van der Waals surface area (Å²) in [7, 11) is 0. The van der Waals surface area contributed by atoms with Crippen LogP contribution >= 0.6 is 27.3 Å². The highest BCUT2D eigenvalue weighted by molar-refractivity contribution is 9.10. The third-order valence-corrected chi connectivity index (χ3v) is 5.25.